The number of hydrazine groups is 1. The predicted molar refractivity (Wildman–Crippen MR) is 132 cm³/mol. The molecule has 0 spiro atoms. The van der Waals surface area contributed by atoms with Crippen LogP contribution in [0.1, 0.15) is 35.2 Å². The monoisotopic (exact) mass is 442 g/mol. The summed E-state index contributed by atoms with van der Waals surface area (Å²) in [7, 11) is 0. The van der Waals surface area contributed by atoms with E-state index in [0.29, 0.717) is 33.7 Å². The number of rotatable bonds is 6. The van der Waals surface area contributed by atoms with Gasteiger partial charge < -0.3 is 15.5 Å². The van der Waals surface area contributed by atoms with Crippen molar-refractivity contribution >= 4 is 22.6 Å². The van der Waals surface area contributed by atoms with Crippen LogP contribution in [0.15, 0.2) is 75.1 Å². The van der Waals surface area contributed by atoms with E-state index in [0.717, 1.165) is 16.7 Å². The van der Waals surface area contributed by atoms with E-state index in [4.69, 9.17) is 16.0 Å². The Morgan fingerprint density at radius 3 is 2.61 bits per heavy atom. The van der Waals surface area contributed by atoms with E-state index in [2.05, 4.69) is 20.9 Å². The minimum atomic E-state index is -0.255. The smallest absolute Gasteiger partial charge is 0.196 e. The molecule has 4 aromatic rings. The molecule has 33 heavy (non-hydrogen) atoms. The van der Waals surface area contributed by atoms with E-state index >= 15 is 0 Å². The molecule has 4 rings (SSSR count). The summed E-state index contributed by atoms with van der Waals surface area (Å²) in [4.78, 5) is 17.7. The standard InChI is InChI=1S/C25H26N6O2/c1-14-12-19(16(3)29-25-18(10-7-11-28-25)24(26)30-31-27)23-20(13-14)21(32)15(2)22(33-23)17-8-5-4-6-9-17/h4-13,16,31H,27H2,1-3H3,(H2,26,30)(H,28,29). The van der Waals surface area contributed by atoms with Crippen LogP contribution in [0.4, 0.5) is 5.82 Å². The molecule has 6 N–H and O–H groups in total. The van der Waals surface area contributed by atoms with Gasteiger partial charge in [0.15, 0.2) is 11.3 Å². The number of nitrogens with zero attached hydrogens (tertiary/aromatic N) is 2. The SMILES string of the molecule is Cc1cc(C(C)Nc2ncccc2/C(N)=N/NN)c2oc(-c3ccccc3)c(C)c(=O)c2c1. The summed E-state index contributed by atoms with van der Waals surface area (Å²) in [6.07, 6.45) is 1.66. The van der Waals surface area contributed by atoms with Crippen LogP contribution in [-0.2, 0) is 0 Å². The number of pyridine rings is 1. The fourth-order valence-corrected chi connectivity index (χ4v) is 3.89. The molecule has 0 amide bonds. The zero-order valence-electron chi connectivity index (χ0n) is 18.7. The molecule has 8 nitrogen and oxygen atoms in total. The molecule has 0 saturated heterocycles. The predicted octanol–water partition coefficient (Wildman–Crippen LogP) is 3.73. The molecule has 1 atom stereocenters. The third kappa shape index (κ3) is 4.28. The van der Waals surface area contributed by atoms with Crippen LogP contribution < -0.4 is 27.9 Å². The summed E-state index contributed by atoms with van der Waals surface area (Å²) < 4.78 is 6.39. The minimum absolute atomic E-state index is 0.0452. The highest BCUT2D eigenvalue weighted by atomic mass is 16.3. The van der Waals surface area contributed by atoms with Gasteiger partial charge in [0.2, 0.25) is 0 Å². The number of aryl methyl sites for hydroxylation is 1. The van der Waals surface area contributed by atoms with Gasteiger partial charge in [-0.25, -0.2) is 16.4 Å². The van der Waals surface area contributed by atoms with Gasteiger partial charge in [-0.3, -0.25) is 4.79 Å². The fourth-order valence-electron chi connectivity index (χ4n) is 3.89. The van der Waals surface area contributed by atoms with Gasteiger partial charge in [-0.05, 0) is 44.5 Å². The van der Waals surface area contributed by atoms with Crippen LogP contribution in [0.3, 0.4) is 0 Å². The fraction of sp³-hybridized carbons (Fsp3) is 0.160. The van der Waals surface area contributed by atoms with Crippen LogP contribution in [0.2, 0.25) is 0 Å². The summed E-state index contributed by atoms with van der Waals surface area (Å²) in [5, 5.41) is 7.77. The highest BCUT2D eigenvalue weighted by Gasteiger charge is 2.20. The Hall–Kier alpha value is -4.17. The summed E-state index contributed by atoms with van der Waals surface area (Å²) in [5.41, 5.74) is 12.5. The van der Waals surface area contributed by atoms with Crippen molar-refractivity contribution in [1.82, 2.24) is 10.5 Å². The number of fused-ring (bicyclic) bond motifs is 1. The number of benzene rings is 2. The van der Waals surface area contributed by atoms with Crippen molar-refractivity contribution in [3.63, 3.8) is 0 Å². The minimum Gasteiger partial charge on any atom is -0.455 e. The van der Waals surface area contributed by atoms with E-state index < -0.39 is 0 Å². The molecule has 2 heterocycles. The Morgan fingerprint density at radius 1 is 1.12 bits per heavy atom. The Morgan fingerprint density at radius 2 is 1.88 bits per heavy atom. The molecular formula is C25H26N6O2. The van der Waals surface area contributed by atoms with Crippen LogP contribution in [0.5, 0.6) is 0 Å². The lowest BCUT2D eigenvalue weighted by atomic mass is 9.99. The molecule has 0 aliphatic rings. The van der Waals surface area contributed by atoms with Gasteiger partial charge in [-0.1, -0.05) is 36.4 Å². The third-order valence-electron chi connectivity index (χ3n) is 5.52. The van der Waals surface area contributed by atoms with Gasteiger partial charge in [0.25, 0.3) is 0 Å². The lowest BCUT2D eigenvalue weighted by Gasteiger charge is -2.19. The molecule has 2 aromatic heterocycles. The number of aromatic nitrogens is 1. The summed E-state index contributed by atoms with van der Waals surface area (Å²) in [6, 6.07) is 16.8. The van der Waals surface area contributed by atoms with Crippen LogP contribution in [0.25, 0.3) is 22.3 Å². The molecule has 0 aliphatic heterocycles. The lowest BCUT2D eigenvalue weighted by molar-refractivity contribution is 0.605. The van der Waals surface area contributed by atoms with Crippen LogP contribution in [0, 0.1) is 13.8 Å². The first kappa shape index (κ1) is 22.0. The zero-order valence-corrected chi connectivity index (χ0v) is 18.7. The molecule has 1 unspecified atom stereocenters. The first-order valence-corrected chi connectivity index (χ1v) is 10.5. The molecule has 0 saturated carbocycles. The van der Waals surface area contributed by atoms with Gasteiger partial charge >= 0.3 is 0 Å². The van der Waals surface area contributed by atoms with Crippen molar-refractivity contribution in [2.24, 2.45) is 16.7 Å². The molecule has 0 radical (unpaired) electrons. The maximum atomic E-state index is 13.3. The lowest BCUT2D eigenvalue weighted by Crippen LogP contribution is -2.24. The Kier molecular flexibility index (Phi) is 6.10. The van der Waals surface area contributed by atoms with Crippen molar-refractivity contribution < 1.29 is 4.42 Å². The van der Waals surface area contributed by atoms with Gasteiger partial charge in [0.1, 0.15) is 17.2 Å². The van der Waals surface area contributed by atoms with Crippen molar-refractivity contribution in [2.75, 3.05) is 5.32 Å². The van der Waals surface area contributed by atoms with Crippen molar-refractivity contribution in [1.29, 1.82) is 0 Å². The summed E-state index contributed by atoms with van der Waals surface area (Å²) >= 11 is 0. The highest BCUT2D eigenvalue weighted by molar-refractivity contribution is 6.01. The van der Waals surface area contributed by atoms with Crippen LogP contribution in [-0.4, -0.2) is 10.8 Å². The van der Waals surface area contributed by atoms with E-state index in [1.165, 1.54) is 0 Å². The topological polar surface area (TPSA) is 132 Å². The largest absolute Gasteiger partial charge is 0.455 e. The number of hydrogen-bond acceptors (Lipinski definition) is 7. The van der Waals surface area contributed by atoms with E-state index in [1.54, 1.807) is 25.3 Å². The molecule has 168 valence electrons. The molecule has 0 bridgehead atoms. The third-order valence-corrected chi connectivity index (χ3v) is 5.52. The second kappa shape index (κ2) is 9.13. The van der Waals surface area contributed by atoms with E-state index in [9.17, 15) is 4.79 Å². The van der Waals surface area contributed by atoms with E-state index in [-0.39, 0.29) is 17.3 Å². The number of anilines is 1. The van der Waals surface area contributed by atoms with Crippen molar-refractivity contribution in [3.8, 4) is 11.3 Å². The van der Waals surface area contributed by atoms with E-state index in [1.807, 2.05) is 56.3 Å². The molecular weight excluding hydrogens is 416 g/mol. The Labute approximate surface area is 191 Å². The summed E-state index contributed by atoms with van der Waals surface area (Å²) in [6.45, 7) is 5.73. The second-order valence-electron chi connectivity index (χ2n) is 7.87. The molecule has 2 aromatic carbocycles. The number of hydrogen-bond donors (Lipinski definition) is 4. The zero-order chi connectivity index (χ0) is 23.5. The molecule has 0 aliphatic carbocycles. The van der Waals surface area contributed by atoms with Crippen LogP contribution >= 0.6 is 0 Å². The van der Waals surface area contributed by atoms with Gasteiger partial charge in [-0.2, -0.15) is 0 Å². The average molecular weight is 443 g/mol. The number of amidine groups is 1. The quantitative estimate of drug-likeness (QED) is 0.155. The normalized spacial score (nSPS) is 12.5. The maximum Gasteiger partial charge on any atom is 0.196 e. The van der Waals surface area contributed by atoms with Gasteiger partial charge in [-0.15, -0.1) is 5.10 Å². The van der Waals surface area contributed by atoms with Gasteiger partial charge in [0.05, 0.1) is 17.0 Å². The highest BCUT2D eigenvalue weighted by Crippen LogP contribution is 2.32. The second-order valence-corrected chi connectivity index (χ2v) is 7.87. The maximum absolute atomic E-state index is 13.3. The summed E-state index contributed by atoms with van der Waals surface area (Å²) in [5.74, 6) is 6.57. The Bertz CT molecular complexity index is 1400. The van der Waals surface area contributed by atoms with Crippen molar-refractivity contribution in [2.45, 2.75) is 26.8 Å². The number of nitrogens with one attached hydrogen (secondary N) is 2. The van der Waals surface area contributed by atoms with Gasteiger partial charge in [0, 0.05) is 22.9 Å². The molecule has 0 fully saturated rings. The Balaban J connectivity index is 1.86. The average Bonchev–Trinajstić information content (AvgIpc) is 2.82. The van der Waals surface area contributed by atoms with Crippen molar-refractivity contribution in [3.05, 3.63) is 93.3 Å². The number of hydrazone groups is 1. The number of nitrogens with two attached hydrogens (primary N) is 2. The first-order chi connectivity index (χ1) is 15.9. The molecule has 8 heteroatoms. The first-order valence-electron chi connectivity index (χ1n) is 10.5.